The number of pyridine rings is 1. The first kappa shape index (κ1) is 14.3. The van der Waals surface area contributed by atoms with Crippen LogP contribution in [0.1, 0.15) is 18.1 Å². The maximum Gasteiger partial charge on any atom is 0.120 e. The largest absolute Gasteiger partial charge is 0.497 e. The van der Waals surface area contributed by atoms with E-state index >= 15 is 0 Å². The number of methoxy groups -OCH3 is 1. The van der Waals surface area contributed by atoms with E-state index < -0.39 is 0 Å². The second kappa shape index (κ2) is 6.91. The van der Waals surface area contributed by atoms with Gasteiger partial charge in [0, 0.05) is 43.8 Å². The third-order valence-electron chi connectivity index (χ3n) is 3.36. The van der Waals surface area contributed by atoms with Crippen LogP contribution < -0.4 is 15.4 Å². The van der Waals surface area contributed by atoms with Crippen LogP contribution in [0.2, 0.25) is 0 Å². The van der Waals surface area contributed by atoms with E-state index in [1.165, 1.54) is 5.56 Å². The van der Waals surface area contributed by atoms with E-state index in [0.29, 0.717) is 6.54 Å². The lowest BCUT2D eigenvalue weighted by molar-refractivity contribution is 0.414. The maximum atomic E-state index is 5.85. The number of anilines is 1. The van der Waals surface area contributed by atoms with Crippen molar-refractivity contribution >= 4 is 5.69 Å². The molecular formula is C16H21N3O. The van der Waals surface area contributed by atoms with Gasteiger partial charge in [-0.25, -0.2) is 0 Å². The summed E-state index contributed by atoms with van der Waals surface area (Å²) < 4.78 is 5.32. The highest BCUT2D eigenvalue weighted by molar-refractivity contribution is 5.57. The zero-order valence-corrected chi connectivity index (χ0v) is 12.0. The molecular weight excluding hydrogens is 250 g/mol. The molecule has 1 aromatic carbocycles. The molecule has 2 aromatic rings. The van der Waals surface area contributed by atoms with Crippen molar-refractivity contribution in [1.29, 1.82) is 0 Å². The highest BCUT2D eigenvalue weighted by atomic mass is 16.5. The first-order valence-corrected chi connectivity index (χ1v) is 6.79. The van der Waals surface area contributed by atoms with Gasteiger partial charge in [0.1, 0.15) is 5.75 Å². The van der Waals surface area contributed by atoms with Crippen LogP contribution in [-0.4, -0.2) is 18.6 Å². The van der Waals surface area contributed by atoms with Gasteiger partial charge < -0.3 is 15.4 Å². The fourth-order valence-electron chi connectivity index (χ4n) is 2.21. The molecule has 0 atom stereocenters. The third-order valence-corrected chi connectivity index (χ3v) is 3.36. The first-order valence-electron chi connectivity index (χ1n) is 6.79. The molecule has 0 fully saturated rings. The fraction of sp³-hybridized carbons (Fsp3) is 0.312. The second-order valence-electron chi connectivity index (χ2n) is 4.57. The molecule has 0 saturated heterocycles. The van der Waals surface area contributed by atoms with Gasteiger partial charge in [0.2, 0.25) is 0 Å². The molecule has 0 unspecified atom stereocenters. The quantitative estimate of drug-likeness (QED) is 0.877. The van der Waals surface area contributed by atoms with Crippen molar-refractivity contribution in [2.24, 2.45) is 5.73 Å². The molecule has 106 valence electrons. The van der Waals surface area contributed by atoms with E-state index in [1.807, 2.05) is 42.7 Å². The van der Waals surface area contributed by atoms with E-state index in [0.717, 1.165) is 30.1 Å². The molecule has 20 heavy (non-hydrogen) atoms. The molecule has 0 spiro atoms. The van der Waals surface area contributed by atoms with Gasteiger partial charge in [-0.15, -0.1) is 0 Å². The second-order valence-corrected chi connectivity index (χ2v) is 4.57. The van der Waals surface area contributed by atoms with Gasteiger partial charge in [-0.2, -0.15) is 0 Å². The standard InChI is InChI=1S/C16H21N3O/c1-3-19(12-13-6-8-18-9-7-13)16-10-15(20-2)5-4-14(16)11-17/h4-10H,3,11-12,17H2,1-2H3. The molecule has 0 aliphatic rings. The number of rotatable bonds is 6. The van der Waals surface area contributed by atoms with E-state index in [-0.39, 0.29) is 0 Å². The highest BCUT2D eigenvalue weighted by Gasteiger charge is 2.11. The maximum absolute atomic E-state index is 5.85. The zero-order valence-electron chi connectivity index (χ0n) is 12.0. The number of benzene rings is 1. The van der Waals surface area contributed by atoms with Gasteiger partial charge in [-0.1, -0.05) is 6.07 Å². The summed E-state index contributed by atoms with van der Waals surface area (Å²) in [5, 5.41) is 0. The normalized spacial score (nSPS) is 10.3. The Morgan fingerprint density at radius 3 is 2.55 bits per heavy atom. The summed E-state index contributed by atoms with van der Waals surface area (Å²) in [5.74, 6) is 0.852. The molecule has 0 bridgehead atoms. The summed E-state index contributed by atoms with van der Waals surface area (Å²) in [6, 6.07) is 10.1. The summed E-state index contributed by atoms with van der Waals surface area (Å²) in [6.45, 7) is 4.40. The Kier molecular flexibility index (Phi) is 4.96. The molecule has 0 aliphatic heterocycles. The molecule has 0 aliphatic carbocycles. The van der Waals surface area contributed by atoms with Gasteiger partial charge in [0.15, 0.2) is 0 Å². The average molecular weight is 271 g/mol. The number of aromatic nitrogens is 1. The van der Waals surface area contributed by atoms with Crippen LogP contribution in [-0.2, 0) is 13.1 Å². The summed E-state index contributed by atoms with van der Waals surface area (Å²) in [4.78, 5) is 6.35. The Hall–Kier alpha value is -2.07. The van der Waals surface area contributed by atoms with Gasteiger partial charge in [0.25, 0.3) is 0 Å². The lowest BCUT2D eigenvalue weighted by Crippen LogP contribution is -2.24. The Bertz CT molecular complexity index is 543. The van der Waals surface area contributed by atoms with E-state index in [4.69, 9.17) is 10.5 Å². The van der Waals surface area contributed by atoms with Crippen molar-refractivity contribution < 1.29 is 4.74 Å². The van der Waals surface area contributed by atoms with Crippen LogP contribution in [0.15, 0.2) is 42.7 Å². The summed E-state index contributed by atoms with van der Waals surface area (Å²) in [5.41, 5.74) is 9.34. The van der Waals surface area contributed by atoms with Crippen LogP contribution >= 0.6 is 0 Å². The topological polar surface area (TPSA) is 51.4 Å². The van der Waals surface area contributed by atoms with Crippen molar-refractivity contribution in [3.8, 4) is 5.75 Å². The predicted molar refractivity (Wildman–Crippen MR) is 81.8 cm³/mol. The first-order chi connectivity index (χ1) is 9.78. The van der Waals surface area contributed by atoms with E-state index in [2.05, 4.69) is 16.8 Å². The van der Waals surface area contributed by atoms with Crippen LogP contribution in [0.25, 0.3) is 0 Å². The lowest BCUT2D eigenvalue weighted by Gasteiger charge is -2.26. The number of nitrogens with zero attached hydrogens (tertiary/aromatic N) is 2. The Morgan fingerprint density at radius 1 is 1.20 bits per heavy atom. The fourth-order valence-corrected chi connectivity index (χ4v) is 2.21. The van der Waals surface area contributed by atoms with Crippen LogP contribution in [0, 0.1) is 0 Å². The molecule has 4 nitrogen and oxygen atoms in total. The molecule has 4 heteroatoms. The van der Waals surface area contributed by atoms with Crippen molar-refractivity contribution in [1.82, 2.24) is 4.98 Å². The van der Waals surface area contributed by atoms with Gasteiger partial charge in [-0.3, -0.25) is 4.98 Å². The van der Waals surface area contributed by atoms with E-state index in [9.17, 15) is 0 Å². The number of nitrogens with two attached hydrogens (primary N) is 1. The van der Waals surface area contributed by atoms with Crippen LogP contribution in [0.3, 0.4) is 0 Å². The van der Waals surface area contributed by atoms with Crippen molar-refractivity contribution in [2.75, 3.05) is 18.6 Å². The van der Waals surface area contributed by atoms with Crippen LogP contribution in [0.4, 0.5) is 5.69 Å². The SMILES string of the molecule is CCN(Cc1ccncc1)c1cc(OC)ccc1CN. The Labute approximate surface area is 120 Å². The van der Waals surface area contributed by atoms with Crippen molar-refractivity contribution in [3.63, 3.8) is 0 Å². The van der Waals surface area contributed by atoms with Crippen molar-refractivity contribution in [2.45, 2.75) is 20.0 Å². The average Bonchev–Trinajstić information content (AvgIpc) is 2.53. The molecule has 2 rings (SSSR count). The minimum atomic E-state index is 0.520. The summed E-state index contributed by atoms with van der Waals surface area (Å²) >= 11 is 0. The molecule has 1 aromatic heterocycles. The van der Waals surface area contributed by atoms with E-state index in [1.54, 1.807) is 7.11 Å². The number of hydrogen-bond donors (Lipinski definition) is 1. The monoisotopic (exact) mass is 271 g/mol. The molecule has 1 heterocycles. The molecule has 0 amide bonds. The Morgan fingerprint density at radius 2 is 1.95 bits per heavy atom. The van der Waals surface area contributed by atoms with Crippen LogP contribution in [0.5, 0.6) is 5.75 Å². The number of hydrogen-bond acceptors (Lipinski definition) is 4. The summed E-state index contributed by atoms with van der Waals surface area (Å²) in [7, 11) is 1.68. The van der Waals surface area contributed by atoms with Crippen molar-refractivity contribution in [3.05, 3.63) is 53.9 Å². The predicted octanol–water partition coefficient (Wildman–Crippen LogP) is 2.58. The smallest absolute Gasteiger partial charge is 0.120 e. The molecule has 2 N–H and O–H groups in total. The van der Waals surface area contributed by atoms with Gasteiger partial charge >= 0.3 is 0 Å². The Balaban J connectivity index is 2.30. The summed E-state index contributed by atoms with van der Waals surface area (Å²) in [6.07, 6.45) is 3.64. The highest BCUT2D eigenvalue weighted by Crippen LogP contribution is 2.27. The van der Waals surface area contributed by atoms with Gasteiger partial charge in [0.05, 0.1) is 7.11 Å². The van der Waals surface area contributed by atoms with Gasteiger partial charge in [-0.05, 0) is 36.2 Å². The molecule has 0 saturated carbocycles. The minimum Gasteiger partial charge on any atom is -0.497 e. The lowest BCUT2D eigenvalue weighted by atomic mass is 10.1. The zero-order chi connectivity index (χ0) is 14.4. The number of ether oxygens (including phenoxy) is 1. The third kappa shape index (κ3) is 3.27. The minimum absolute atomic E-state index is 0.520. The molecule has 0 radical (unpaired) electrons.